The number of nitrogens with zero attached hydrogens (tertiary/aromatic N) is 1. The molecule has 0 aliphatic carbocycles. The van der Waals surface area contributed by atoms with E-state index in [1.165, 1.54) is 6.42 Å². The third-order valence-electron chi connectivity index (χ3n) is 3.83. The van der Waals surface area contributed by atoms with E-state index in [-0.39, 0.29) is 11.3 Å². The summed E-state index contributed by atoms with van der Waals surface area (Å²) in [5.74, 6) is 0.0941. The Labute approximate surface area is 115 Å². The number of hydrogen-bond acceptors (Lipinski definition) is 2. The summed E-state index contributed by atoms with van der Waals surface area (Å²) < 4.78 is 0. The second-order valence-corrected chi connectivity index (χ2v) is 6.32. The SMILES string of the molecule is CC1(C)CCCN(C(=O)[C@@H](N)Cc2ccccc2)C1. The fraction of sp³-hybridized carbons (Fsp3) is 0.562. The van der Waals surface area contributed by atoms with Crippen molar-refractivity contribution in [1.82, 2.24) is 4.90 Å². The van der Waals surface area contributed by atoms with Crippen LogP contribution in [0, 0.1) is 5.41 Å². The van der Waals surface area contributed by atoms with Gasteiger partial charge in [0.05, 0.1) is 6.04 Å². The average Bonchev–Trinajstić information content (AvgIpc) is 2.38. The molecule has 1 aromatic carbocycles. The molecular weight excluding hydrogens is 236 g/mol. The predicted octanol–water partition coefficient (Wildman–Crippen LogP) is 2.21. The molecule has 1 amide bonds. The minimum absolute atomic E-state index is 0.0941. The average molecular weight is 260 g/mol. The van der Waals surface area contributed by atoms with Gasteiger partial charge in [-0.1, -0.05) is 44.2 Å². The van der Waals surface area contributed by atoms with Gasteiger partial charge in [-0.15, -0.1) is 0 Å². The second kappa shape index (κ2) is 5.74. The van der Waals surface area contributed by atoms with Gasteiger partial charge in [-0.05, 0) is 30.2 Å². The first kappa shape index (κ1) is 14.1. The Morgan fingerprint density at radius 1 is 1.37 bits per heavy atom. The molecule has 0 unspecified atom stereocenters. The molecule has 1 heterocycles. The van der Waals surface area contributed by atoms with Crippen LogP contribution in [0.1, 0.15) is 32.3 Å². The molecule has 0 bridgehead atoms. The largest absolute Gasteiger partial charge is 0.341 e. The molecule has 0 spiro atoms. The van der Waals surface area contributed by atoms with E-state index in [2.05, 4.69) is 13.8 Å². The molecule has 0 radical (unpaired) electrons. The quantitative estimate of drug-likeness (QED) is 0.905. The number of amides is 1. The summed E-state index contributed by atoms with van der Waals surface area (Å²) in [7, 11) is 0. The Balaban J connectivity index is 1.95. The molecule has 1 aliphatic heterocycles. The maximum Gasteiger partial charge on any atom is 0.239 e. The molecule has 1 atom stereocenters. The Bertz CT molecular complexity index is 428. The summed E-state index contributed by atoms with van der Waals surface area (Å²) in [6, 6.07) is 9.56. The summed E-state index contributed by atoms with van der Waals surface area (Å²) in [4.78, 5) is 14.3. The first-order chi connectivity index (χ1) is 8.98. The summed E-state index contributed by atoms with van der Waals surface area (Å²) in [5, 5.41) is 0. The molecule has 1 aliphatic rings. The van der Waals surface area contributed by atoms with E-state index in [0.29, 0.717) is 6.42 Å². The van der Waals surface area contributed by atoms with Crippen LogP contribution in [0.3, 0.4) is 0 Å². The fourth-order valence-corrected chi connectivity index (χ4v) is 2.80. The number of hydrogen-bond donors (Lipinski definition) is 1. The molecule has 0 aromatic heterocycles. The van der Waals surface area contributed by atoms with Crippen molar-refractivity contribution in [3.8, 4) is 0 Å². The van der Waals surface area contributed by atoms with Crippen LogP contribution in [0.25, 0.3) is 0 Å². The van der Waals surface area contributed by atoms with E-state index in [9.17, 15) is 4.79 Å². The molecule has 104 valence electrons. The lowest BCUT2D eigenvalue weighted by Crippen LogP contribution is -2.50. The summed E-state index contributed by atoms with van der Waals surface area (Å²) in [5.41, 5.74) is 7.42. The fourth-order valence-electron chi connectivity index (χ4n) is 2.80. The Hall–Kier alpha value is -1.35. The van der Waals surface area contributed by atoms with Crippen LogP contribution >= 0.6 is 0 Å². The summed E-state index contributed by atoms with van der Waals surface area (Å²) >= 11 is 0. The topological polar surface area (TPSA) is 46.3 Å². The number of likely N-dealkylation sites (tertiary alicyclic amines) is 1. The van der Waals surface area contributed by atoms with Crippen molar-refractivity contribution >= 4 is 5.91 Å². The maximum atomic E-state index is 12.4. The van der Waals surface area contributed by atoms with Gasteiger partial charge >= 0.3 is 0 Å². The van der Waals surface area contributed by atoms with Crippen LogP contribution in [-0.2, 0) is 11.2 Å². The lowest BCUT2D eigenvalue weighted by Gasteiger charge is -2.39. The van der Waals surface area contributed by atoms with Gasteiger partial charge in [-0.3, -0.25) is 4.79 Å². The van der Waals surface area contributed by atoms with Gasteiger partial charge in [0.1, 0.15) is 0 Å². The van der Waals surface area contributed by atoms with Crippen LogP contribution in [0.4, 0.5) is 0 Å². The third kappa shape index (κ3) is 3.80. The van der Waals surface area contributed by atoms with Crippen molar-refractivity contribution in [2.24, 2.45) is 11.1 Å². The zero-order valence-corrected chi connectivity index (χ0v) is 11.9. The Kier molecular flexibility index (Phi) is 4.25. The third-order valence-corrected chi connectivity index (χ3v) is 3.83. The normalized spacial score (nSPS) is 20.1. The highest BCUT2D eigenvalue weighted by molar-refractivity contribution is 5.82. The first-order valence-corrected chi connectivity index (χ1v) is 7.06. The minimum atomic E-state index is -0.420. The van der Waals surface area contributed by atoms with Gasteiger partial charge < -0.3 is 10.6 Å². The minimum Gasteiger partial charge on any atom is -0.341 e. The molecule has 1 fully saturated rings. The van der Waals surface area contributed by atoms with E-state index < -0.39 is 6.04 Å². The number of nitrogens with two attached hydrogens (primary N) is 1. The van der Waals surface area contributed by atoms with Crippen LogP contribution in [0.2, 0.25) is 0 Å². The predicted molar refractivity (Wildman–Crippen MR) is 77.7 cm³/mol. The number of carbonyl (C=O) groups excluding carboxylic acids is 1. The number of benzene rings is 1. The van der Waals surface area contributed by atoms with Crippen molar-refractivity contribution in [2.75, 3.05) is 13.1 Å². The van der Waals surface area contributed by atoms with Crippen molar-refractivity contribution in [1.29, 1.82) is 0 Å². The lowest BCUT2D eigenvalue weighted by atomic mass is 9.84. The zero-order valence-electron chi connectivity index (χ0n) is 11.9. The lowest BCUT2D eigenvalue weighted by molar-refractivity contribution is -0.135. The molecular formula is C16H24N2O. The van der Waals surface area contributed by atoms with Crippen LogP contribution < -0.4 is 5.73 Å². The van der Waals surface area contributed by atoms with E-state index in [1.807, 2.05) is 35.2 Å². The standard InChI is InChI=1S/C16H24N2O/c1-16(2)9-6-10-18(12-16)15(19)14(17)11-13-7-4-3-5-8-13/h3-5,7-8,14H,6,9-12,17H2,1-2H3/t14-/m0/s1. The van der Waals surface area contributed by atoms with Crippen molar-refractivity contribution in [2.45, 2.75) is 39.2 Å². The van der Waals surface area contributed by atoms with Crippen molar-refractivity contribution < 1.29 is 4.79 Å². The number of piperidine rings is 1. The molecule has 2 rings (SSSR count). The maximum absolute atomic E-state index is 12.4. The Morgan fingerprint density at radius 2 is 2.05 bits per heavy atom. The molecule has 2 N–H and O–H groups in total. The number of carbonyl (C=O) groups is 1. The van der Waals surface area contributed by atoms with E-state index in [1.54, 1.807) is 0 Å². The Morgan fingerprint density at radius 3 is 2.68 bits per heavy atom. The van der Waals surface area contributed by atoms with Gasteiger partial charge in [0, 0.05) is 13.1 Å². The monoisotopic (exact) mass is 260 g/mol. The first-order valence-electron chi connectivity index (χ1n) is 7.06. The van der Waals surface area contributed by atoms with E-state index in [4.69, 9.17) is 5.73 Å². The molecule has 3 heteroatoms. The highest BCUT2D eigenvalue weighted by atomic mass is 16.2. The molecule has 19 heavy (non-hydrogen) atoms. The van der Waals surface area contributed by atoms with Crippen molar-refractivity contribution in [3.05, 3.63) is 35.9 Å². The van der Waals surface area contributed by atoms with Gasteiger partial charge in [0.15, 0.2) is 0 Å². The smallest absolute Gasteiger partial charge is 0.239 e. The van der Waals surface area contributed by atoms with E-state index >= 15 is 0 Å². The van der Waals surface area contributed by atoms with Crippen LogP contribution in [0.15, 0.2) is 30.3 Å². The van der Waals surface area contributed by atoms with Gasteiger partial charge in [0.2, 0.25) is 5.91 Å². The highest BCUT2D eigenvalue weighted by Crippen LogP contribution is 2.28. The van der Waals surface area contributed by atoms with Crippen molar-refractivity contribution in [3.63, 3.8) is 0 Å². The van der Waals surface area contributed by atoms with Crippen LogP contribution in [0.5, 0.6) is 0 Å². The van der Waals surface area contributed by atoms with Crippen LogP contribution in [-0.4, -0.2) is 29.9 Å². The molecule has 3 nitrogen and oxygen atoms in total. The van der Waals surface area contributed by atoms with E-state index in [0.717, 1.165) is 25.1 Å². The summed E-state index contributed by atoms with van der Waals surface area (Å²) in [6.07, 6.45) is 2.89. The second-order valence-electron chi connectivity index (χ2n) is 6.32. The zero-order chi connectivity index (χ0) is 13.9. The summed E-state index contributed by atoms with van der Waals surface area (Å²) in [6.45, 7) is 6.11. The molecule has 1 aromatic rings. The molecule has 1 saturated heterocycles. The van der Waals surface area contributed by atoms with Gasteiger partial charge in [0.25, 0.3) is 0 Å². The molecule has 0 saturated carbocycles. The van der Waals surface area contributed by atoms with Gasteiger partial charge in [-0.2, -0.15) is 0 Å². The highest BCUT2D eigenvalue weighted by Gasteiger charge is 2.31. The van der Waals surface area contributed by atoms with Gasteiger partial charge in [-0.25, -0.2) is 0 Å². The number of rotatable bonds is 3.